The molecule has 0 amide bonds. The fraction of sp³-hybridized carbons (Fsp3) is 0.200. The Labute approximate surface area is 156 Å². The van der Waals surface area contributed by atoms with Gasteiger partial charge < -0.3 is 10.6 Å². The number of rotatable bonds is 6. The van der Waals surface area contributed by atoms with Gasteiger partial charge in [-0.3, -0.25) is 4.21 Å². The van der Waals surface area contributed by atoms with Gasteiger partial charge in [-0.25, -0.2) is 9.97 Å². The van der Waals surface area contributed by atoms with Crippen LogP contribution in [0, 0.1) is 0 Å². The summed E-state index contributed by atoms with van der Waals surface area (Å²) in [6.07, 6.45) is 1.67. The van der Waals surface area contributed by atoms with Gasteiger partial charge in [0.15, 0.2) is 5.82 Å². The summed E-state index contributed by atoms with van der Waals surface area (Å²) >= 11 is 0. The molecule has 0 aliphatic rings. The van der Waals surface area contributed by atoms with Crippen LogP contribution >= 0.6 is 0 Å². The Morgan fingerprint density at radius 1 is 0.923 bits per heavy atom. The van der Waals surface area contributed by atoms with Crippen molar-refractivity contribution >= 4 is 28.1 Å². The van der Waals surface area contributed by atoms with E-state index in [1.54, 1.807) is 6.26 Å². The first-order chi connectivity index (χ1) is 12.5. The quantitative estimate of drug-likeness (QED) is 0.675. The van der Waals surface area contributed by atoms with Crippen LogP contribution in [-0.2, 0) is 10.8 Å². The lowest BCUT2D eigenvalue weighted by atomic mass is 10.2. The summed E-state index contributed by atoms with van der Waals surface area (Å²) < 4.78 is 11.5. The topological polar surface area (TPSA) is 66.9 Å². The third-order valence-electron chi connectivity index (χ3n) is 3.65. The Bertz CT molecular complexity index is 895. The van der Waals surface area contributed by atoms with Gasteiger partial charge in [-0.15, -0.1) is 0 Å². The Morgan fingerprint density at radius 3 is 2.19 bits per heavy atom. The Kier molecular flexibility index (Phi) is 5.63. The van der Waals surface area contributed by atoms with Crippen molar-refractivity contribution in [1.82, 2.24) is 9.97 Å². The fourth-order valence-corrected chi connectivity index (χ4v) is 2.99. The number of hydrogen-bond donors (Lipinski definition) is 2. The second-order valence-electron chi connectivity index (χ2n) is 6.23. The number of nitrogens with one attached hydrogen (secondary N) is 2. The Balaban J connectivity index is 1.93. The molecule has 0 aliphatic heterocycles. The number of aromatic nitrogens is 2. The molecule has 134 valence electrons. The van der Waals surface area contributed by atoms with Crippen molar-refractivity contribution in [2.75, 3.05) is 16.9 Å². The zero-order valence-corrected chi connectivity index (χ0v) is 15.9. The monoisotopic (exact) mass is 366 g/mol. The fourth-order valence-electron chi connectivity index (χ4n) is 2.48. The van der Waals surface area contributed by atoms with Crippen molar-refractivity contribution in [3.8, 4) is 11.4 Å². The van der Waals surface area contributed by atoms with Crippen LogP contribution in [-0.4, -0.2) is 26.5 Å². The number of hydrogen-bond acceptors (Lipinski definition) is 5. The highest BCUT2D eigenvalue weighted by Gasteiger charge is 2.08. The first kappa shape index (κ1) is 18.1. The second-order valence-corrected chi connectivity index (χ2v) is 7.61. The third-order valence-corrected chi connectivity index (χ3v) is 4.59. The summed E-state index contributed by atoms with van der Waals surface area (Å²) in [6.45, 7) is 4.14. The third kappa shape index (κ3) is 4.67. The highest BCUT2D eigenvalue weighted by molar-refractivity contribution is 7.84. The standard InChI is InChI=1S/C20H22N4OS/c1-14(2)21-18-13-19(22-16-9-11-17(12-10-16)26(3)25)24-20(23-18)15-7-5-4-6-8-15/h4-14H,1-3H3,(H2,21,22,23,24). The van der Waals surface area contributed by atoms with E-state index < -0.39 is 10.8 Å². The average molecular weight is 366 g/mol. The van der Waals surface area contributed by atoms with Crippen LogP contribution in [0.2, 0.25) is 0 Å². The van der Waals surface area contributed by atoms with E-state index in [1.165, 1.54) is 0 Å². The number of nitrogens with zero attached hydrogens (tertiary/aromatic N) is 2. The van der Waals surface area contributed by atoms with E-state index in [2.05, 4.69) is 34.4 Å². The van der Waals surface area contributed by atoms with Crippen molar-refractivity contribution < 1.29 is 4.21 Å². The summed E-state index contributed by atoms with van der Waals surface area (Å²) in [5.41, 5.74) is 1.84. The van der Waals surface area contributed by atoms with Crippen molar-refractivity contribution in [3.63, 3.8) is 0 Å². The maximum absolute atomic E-state index is 11.5. The number of benzene rings is 2. The molecule has 3 rings (SSSR count). The molecule has 1 unspecified atom stereocenters. The molecule has 1 atom stereocenters. The minimum Gasteiger partial charge on any atom is -0.368 e. The Hall–Kier alpha value is -2.73. The molecule has 1 heterocycles. The van der Waals surface area contributed by atoms with E-state index in [9.17, 15) is 4.21 Å². The predicted octanol–water partition coefficient (Wildman–Crippen LogP) is 4.44. The summed E-state index contributed by atoms with van der Waals surface area (Å²) in [4.78, 5) is 10.1. The summed E-state index contributed by atoms with van der Waals surface area (Å²) in [5.74, 6) is 2.13. The molecule has 26 heavy (non-hydrogen) atoms. The van der Waals surface area contributed by atoms with E-state index in [-0.39, 0.29) is 6.04 Å². The highest BCUT2D eigenvalue weighted by atomic mass is 32.2. The van der Waals surface area contributed by atoms with Crippen molar-refractivity contribution in [2.24, 2.45) is 0 Å². The summed E-state index contributed by atoms with van der Waals surface area (Å²) in [7, 11) is -0.986. The molecule has 3 aromatic rings. The van der Waals surface area contributed by atoms with E-state index in [0.717, 1.165) is 22.0 Å². The molecule has 0 saturated heterocycles. The molecule has 2 N–H and O–H groups in total. The summed E-state index contributed by atoms with van der Waals surface area (Å²) in [5, 5.41) is 6.64. The van der Waals surface area contributed by atoms with Gasteiger partial charge in [0.2, 0.25) is 0 Å². The maximum Gasteiger partial charge on any atom is 0.163 e. The molecule has 0 fully saturated rings. The van der Waals surface area contributed by atoms with Gasteiger partial charge in [0.1, 0.15) is 11.6 Å². The van der Waals surface area contributed by atoms with Crippen molar-refractivity contribution in [1.29, 1.82) is 0 Å². The van der Waals surface area contributed by atoms with Crippen LogP contribution in [0.5, 0.6) is 0 Å². The van der Waals surface area contributed by atoms with E-state index in [4.69, 9.17) is 0 Å². The minimum absolute atomic E-state index is 0.264. The van der Waals surface area contributed by atoms with E-state index >= 15 is 0 Å². The zero-order chi connectivity index (χ0) is 18.5. The SMILES string of the molecule is CC(C)Nc1cc(Nc2ccc(S(C)=O)cc2)nc(-c2ccccc2)n1. The molecule has 0 spiro atoms. The smallest absolute Gasteiger partial charge is 0.163 e. The maximum atomic E-state index is 11.5. The molecular weight excluding hydrogens is 344 g/mol. The molecule has 1 aromatic heterocycles. The molecule has 5 nitrogen and oxygen atoms in total. The zero-order valence-electron chi connectivity index (χ0n) is 15.1. The average Bonchev–Trinajstić information content (AvgIpc) is 2.62. The van der Waals surface area contributed by atoms with E-state index in [1.807, 2.05) is 60.7 Å². The lowest BCUT2D eigenvalue weighted by molar-refractivity contribution is 0.687. The first-order valence-electron chi connectivity index (χ1n) is 8.43. The molecule has 0 radical (unpaired) electrons. The van der Waals surface area contributed by atoms with Crippen molar-refractivity contribution in [2.45, 2.75) is 24.8 Å². The van der Waals surface area contributed by atoms with Gasteiger partial charge in [0, 0.05) is 45.3 Å². The molecule has 0 bridgehead atoms. The molecule has 0 aliphatic carbocycles. The van der Waals surface area contributed by atoms with E-state index in [0.29, 0.717) is 11.6 Å². The lowest BCUT2D eigenvalue weighted by Crippen LogP contribution is -2.12. The van der Waals surface area contributed by atoms with Gasteiger partial charge in [0.25, 0.3) is 0 Å². The van der Waals surface area contributed by atoms with Gasteiger partial charge >= 0.3 is 0 Å². The van der Waals surface area contributed by atoms with Gasteiger partial charge in [0.05, 0.1) is 0 Å². The van der Waals surface area contributed by atoms with Crippen LogP contribution in [0.4, 0.5) is 17.3 Å². The minimum atomic E-state index is -0.986. The Morgan fingerprint density at radius 2 is 1.58 bits per heavy atom. The molecular formula is C20H22N4OS. The lowest BCUT2D eigenvalue weighted by Gasteiger charge is -2.13. The van der Waals surface area contributed by atoms with Gasteiger partial charge in [-0.05, 0) is 38.1 Å². The second kappa shape index (κ2) is 8.10. The van der Waals surface area contributed by atoms with Crippen LogP contribution in [0.15, 0.2) is 65.6 Å². The van der Waals surface area contributed by atoms with Crippen molar-refractivity contribution in [3.05, 3.63) is 60.7 Å². The normalized spacial score (nSPS) is 12.0. The van der Waals surface area contributed by atoms with Crippen LogP contribution in [0.25, 0.3) is 11.4 Å². The largest absolute Gasteiger partial charge is 0.368 e. The van der Waals surface area contributed by atoms with Crippen LogP contribution in [0.3, 0.4) is 0 Å². The summed E-state index contributed by atoms with van der Waals surface area (Å²) in [6, 6.07) is 19.5. The predicted molar refractivity (Wildman–Crippen MR) is 108 cm³/mol. The van der Waals surface area contributed by atoms with Crippen LogP contribution < -0.4 is 10.6 Å². The van der Waals surface area contributed by atoms with Gasteiger partial charge in [-0.2, -0.15) is 0 Å². The van der Waals surface area contributed by atoms with Crippen LogP contribution in [0.1, 0.15) is 13.8 Å². The first-order valence-corrected chi connectivity index (χ1v) is 9.98. The number of anilines is 3. The highest BCUT2D eigenvalue weighted by Crippen LogP contribution is 2.23. The van der Waals surface area contributed by atoms with Gasteiger partial charge in [-0.1, -0.05) is 30.3 Å². The molecule has 2 aromatic carbocycles. The molecule has 6 heteroatoms. The molecule has 0 saturated carbocycles.